The van der Waals surface area contributed by atoms with Gasteiger partial charge >= 0.3 is 0 Å². The molecule has 1 heterocycles. The highest BCUT2D eigenvalue weighted by Crippen LogP contribution is 2.30. The van der Waals surface area contributed by atoms with Gasteiger partial charge in [0.25, 0.3) is 0 Å². The minimum atomic E-state index is 0.792. The van der Waals surface area contributed by atoms with Gasteiger partial charge in [-0.25, -0.2) is 0 Å². The number of nitrogens with zero attached hydrogens (tertiary/aromatic N) is 1. The van der Waals surface area contributed by atoms with Gasteiger partial charge in [-0.3, -0.25) is 0 Å². The van der Waals surface area contributed by atoms with Crippen LogP contribution in [0.25, 0.3) is 10.9 Å². The highest BCUT2D eigenvalue weighted by atomic mass is 16.4. The molecular formula is C14H16N2O. The second kappa shape index (κ2) is 3.91. The minimum absolute atomic E-state index is 0.792. The third-order valence-corrected chi connectivity index (χ3v) is 3.63. The molecule has 88 valence electrons. The fraction of sp³-hybridized carbons (Fsp3) is 0.357. The zero-order valence-corrected chi connectivity index (χ0v) is 9.95. The second-order valence-corrected chi connectivity index (χ2v) is 4.61. The Hall–Kier alpha value is -1.77. The summed E-state index contributed by atoms with van der Waals surface area (Å²) >= 11 is 0. The van der Waals surface area contributed by atoms with E-state index in [2.05, 4.69) is 35.3 Å². The maximum Gasteiger partial charge on any atom is 0.103 e. The molecule has 3 heteroatoms. The summed E-state index contributed by atoms with van der Waals surface area (Å²) in [6, 6.07) is 6.53. The van der Waals surface area contributed by atoms with Gasteiger partial charge in [-0.2, -0.15) is 0 Å². The summed E-state index contributed by atoms with van der Waals surface area (Å²) in [4.78, 5) is 3.38. The second-order valence-electron chi connectivity index (χ2n) is 4.61. The van der Waals surface area contributed by atoms with E-state index in [4.69, 9.17) is 5.21 Å². The summed E-state index contributed by atoms with van der Waals surface area (Å²) in [6.07, 6.45) is 4.05. The molecule has 0 unspecified atom stereocenters. The molecule has 3 rings (SSSR count). The van der Waals surface area contributed by atoms with E-state index in [1.165, 1.54) is 16.5 Å². The van der Waals surface area contributed by atoms with E-state index < -0.39 is 0 Å². The Morgan fingerprint density at radius 2 is 2.24 bits per heavy atom. The van der Waals surface area contributed by atoms with E-state index >= 15 is 0 Å². The average molecular weight is 228 g/mol. The Kier molecular flexibility index (Phi) is 2.39. The molecule has 0 spiro atoms. The van der Waals surface area contributed by atoms with Crippen LogP contribution in [0, 0.1) is 0 Å². The number of benzene rings is 1. The van der Waals surface area contributed by atoms with Crippen LogP contribution >= 0.6 is 0 Å². The lowest BCUT2D eigenvalue weighted by molar-refractivity contribution is 0.317. The van der Waals surface area contributed by atoms with Gasteiger partial charge in [0, 0.05) is 10.9 Å². The number of aromatic amines is 1. The Morgan fingerprint density at radius 3 is 3.00 bits per heavy atom. The number of fused-ring (bicyclic) bond motifs is 3. The van der Waals surface area contributed by atoms with Crippen LogP contribution in [0.1, 0.15) is 36.6 Å². The monoisotopic (exact) mass is 228 g/mol. The first-order chi connectivity index (χ1) is 8.33. The number of H-pyrrole nitrogens is 1. The molecule has 2 N–H and O–H groups in total. The van der Waals surface area contributed by atoms with Crippen molar-refractivity contribution < 1.29 is 5.21 Å². The van der Waals surface area contributed by atoms with Gasteiger partial charge in [-0.05, 0) is 48.9 Å². The number of rotatable bonds is 1. The number of hydrogen-bond donors (Lipinski definition) is 2. The van der Waals surface area contributed by atoms with Crippen molar-refractivity contribution in [1.82, 2.24) is 4.98 Å². The van der Waals surface area contributed by atoms with Gasteiger partial charge in [0.15, 0.2) is 0 Å². The topological polar surface area (TPSA) is 48.4 Å². The molecule has 1 aromatic carbocycles. The highest BCUT2D eigenvalue weighted by Gasteiger charge is 2.20. The van der Waals surface area contributed by atoms with Gasteiger partial charge in [0.05, 0.1) is 5.69 Å². The summed E-state index contributed by atoms with van der Waals surface area (Å²) in [6.45, 7) is 2.17. The number of nitrogens with one attached hydrogen (secondary N) is 1. The van der Waals surface area contributed by atoms with Crippen molar-refractivity contribution in [2.45, 2.75) is 32.6 Å². The van der Waals surface area contributed by atoms with Crippen molar-refractivity contribution in [1.29, 1.82) is 0 Å². The van der Waals surface area contributed by atoms with Crippen molar-refractivity contribution >= 4 is 16.6 Å². The predicted molar refractivity (Wildman–Crippen MR) is 68.9 cm³/mol. The lowest BCUT2D eigenvalue weighted by Gasteiger charge is -2.12. The smallest absolute Gasteiger partial charge is 0.103 e. The first-order valence-electron chi connectivity index (χ1n) is 6.18. The molecule has 0 radical (unpaired) electrons. The zero-order chi connectivity index (χ0) is 11.8. The van der Waals surface area contributed by atoms with E-state index in [1.54, 1.807) is 0 Å². The van der Waals surface area contributed by atoms with Crippen LogP contribution in [0.15, 0.2) is 23.4 Å². The molecule has 0 saturated carbocycles. The fourth-order valence-electron chi connectivity index (χ4n) is 2.68. The molecule has 0 atom stereocenters. The van der Waals surface area contributed by atoms with E-state index in [1.807, 2.05) is 0 Å². The van der Waals surface area contributed by atoms with Crippen LogP contribution in [0.3, 0.4) is 0 Å². The lowest BCUT2D eigenvalue weighted by atomic mass is 9.93. The largest absolute Gasteiger partial charge is 0.411 e. The molecular weight excluding hydrogens is 212 g/mol. The zero-order valence-electron chi connectivity index (χ0n) is 9.95. The normalized spacial score (nSPS) is 17.6. The summed E-state index contributed by atoms with van der Waals surface area (Å²) in [5.41, 5.74) is 5.64. The van der Waals surface area contributed by atoms with Gasteiger partial charge in [0.2, 0.25) is 0 Å². The first kappa shape index (κ1) is 10.4. The van der Waals surface area contributed by atoms with Crippen LogP contribution in [0.4, 0.5) is 0 Å². The molecule has 0 aliphatic heterocycles. The molecule has 1 aliphatic rings. The standard InChI is InChI=1S/C14H16N2O/c1-2-9-6-7-12-11(8-9)10-4-3-5-13(16-17)14(10)15-12/h6-8,15,17H,2-5H2,1H3/b16-13+. The number of hydrogen-bond acceptors (Lipinski definition) is 2. The molecule has 0 saturated heterocycles. The Balaban J connectivity index is 2.27. The Morgan fingerprint density at radius 1 is 1.35 bits per heavy atom. The molecule has 3 nitrogen and oxygen atoms in total. The van der Waals surface area contributed by atoms with E-state index in [-0.39, 0.29) is 0 Å². The maximum atomic E-state index is 9.03. The molecule has 1 aromatic heterocycles. The van der Waals surface area contributed by atoms with Crippen LogP contribution in [-0.4, -0.2) is 15.9 Å². The van der Waals surface area contributed by atoms with Crippen molar-refractivity contribution in [3.63, 3.8) is 0 Å². The quantitative estimate of drug-likeness (QED) is 0.571. The lowest BCUT2D eigenvalue weighted by Crippen LogP contribution is -2.11. The molecule has 0 bridgehead atoms. The van der Waals surface area contributed by atoms with Crippen LogP contribution in [0.2, 0.25) is 0 Å². The minimum Gasteiger partial charge on any atom is -0.411 e. The van der Waals surface area contributed by atoms with E-state index in [0.717, 1.165) is 42.6 Å². The number of aryl methyl sites for hydroxylation is 2. The van der Waals surface area contributed by atoms with Crippen LogP contribution in [0.5, 0.6) is 0 Å². The van der Waals surface area contributed by atoms with Crippen LogP contribution in [-0.2, 0) is 12.8 Å². The molecule has 1 aliphatic carbocycles. The average Bonchev–Trinajstić information content (AvgIpc) is 2.76. The fourth-order valence-corrected chi connectivity index (χ4v) is 2.68. The van der Waals surface area contributed by atoms with Crippen molar-refractivity contribution in [2.75, 3.05) is 0 Å². The van der Waals surface area contributed by atoms with E-state index in [0.29, 0.717) is 0 Å². The third kappa shape index (κ3) is 1.54. The van der Waals surface area contributed by atoms with Gasteiger partial charge in [-0.15, -0.1) is 0 Å². The SMILES string of the molecule is CCc1ccc2[nH]c3c(c2c1)CCC/C3=N\O. The van der Waals surface area contributed by atoms with Crippen molar-refractivity contribution in [3.8, 4) is 0 Å². The van der Waals surface area contributed by atoms with Gasteiger partial charge < -0.3 is 10.2 Å². The molecule has 2 aromatic rings. The third-order valence-electron chi connectivity index (χ3n) is 3.63. The van der Waals surface area contributed by atoms with Crippen molar-refractivity contribution in [2.24, 2.45) is 5.16 Å². The molecule has 0 fully saturated rings. The summed E-state index contributed by atoms with van der Waals surface area (Å²) in [5, 5.41) is 13.7. The van der Waals surface area contributed by atoms with E-state index in [9.17, 15) is 0 Å². The van der Waals surface area contributed by atoms with Crippen molar-refractivity contribution in [3.05, 3.63) is 35.0 Å². The number of oxime groups is 1. The predicted octanol–water partition coefficient (Wildman–Crippen LogP) is 3.24. The summed E-state index contributed by atoms with van der Waals surface area (Å²) < 4.78 is 0. The maximum absolute atomic E-state index is 9.03. The number of aromatic nitrogens is 1. The summed E-state index contributed by atoms with van der Waals surface area (Å²) in [5.74, 6) is 0. The molecule has 17 heavy (non-hydrogen) atoms. The first-order valence-corrected chi connectivity index (χ1v) is 6.18. The van der Waals surface area contributed by atoms with Crippen LogP contribution < -0.4 is 0 Å². The highest BCUT2D eigenvalue weighted by molar-refractivity contribution is 6.06. The Bertz CT molecular complexity index is 596. The van der Waals surface area contributed by atoms with Gasteiger partial charge in [-0.1, -0.05) is 18.1 Å². The Labute approximate surface area is 100 Å². The van der Waals surface area contributed by atoms with Gasteiger partial charge in [0.1, 0.15) is 5.71 Å². The molecule has 0 amide bonds. The summed E-state index contributed by atoms with van der Waals surface area (Å²) in [7, 11) is 0.